The van der Waals surface area contributed by atoms with Crippen LogP contribution in [0.25, 0.3) is 0 Å². The van der Waals surface area contributed by atoms with Crippen LogP contribution in [0.15, 0.2) is 29.6 Å². The molecule has 0 aliphatic carbocycles. The topological polar surface area (TPSA) is 41.5 Å². The number of hydrogen-bond acceptors (Lipinski definition) is 4. The van der Waals surface area contributed by atoms with Crippen LogP contribution in [0.1, 0.15) is 29.0 Å². The van der Waals surface area contributed by atoms with E-state index in [2.05, 4.69) is 23.7 Å². The second kappa shape index (κ2) is 5.23. The van der Waals surface area contributed by atoms with Crippen molar-refractivity contribution in [2.24, 2.45) is 0 Å². The molecule has 2 heterocycles. The molecular weight excluding hydrogens is 258 g/mol. The van der Waals surface area contributed by atoms with E-state index in [9.17, 15) is 5.11 Å². The van der Waals surface area contributed by atoms with E-state index >= 15 is 0 Å². The lowest BCUT2D eigenvalue weighted by molar-refractivity contribution is 0.310. The molecule has 100 valence electrons. The second-order valence-corrected chi connectivity index (χ2v) is 5.69. The minimum atomic E-state index is 0.211. The Morgan fingerprint density at radius 2 is 2.32 bits per heavy atom. The van der Waals surface area contributed by atoms with Crippen LogP contribution in [-0.4, -0.2) is 11.7 Å². The van der Waals surface area contributed by atoms with Gasteiger partial charge in [-0.1, -0.05) is 6.92 Å². The number of rotatable bonds is 4. The highest BCUT2D eigenvalue weighted by atomic mass is 32.1. The van der Waals surface area contributed by atoms with Crippen molar-refractivity contribution >= 4 is 11.3 Å². The minimum Gasteiger partial charge on any atom is -0.508 e. The highest BCUT2D eigenvalue weighted by molar-refractivity contribution is 7.10. The molecule has 1 aromatic heterocycles. The maximum Gasteiger partial charge on any atom is 0.127 e. The first kappa shape index (κ1) is 12.5. The van der Waals surface area contributed by atoms with Crippen molar-refractivity contribution in [3.05, 3.63) is 45.6 Å². The molecule has 4 heteroatoms. The third-order valence-corrected chi connectivity index (χ3v) is 4.47. The molecule has 1 aliphatic heterocycles. The Bertz CT molecular complexity index is 579. The van der Waals surface area contributed by atoms with Gasteiger partial charge in [-0.3, -0.25) is 0 Å². The summed E-state index contributed by atoms with van der Waals surface area (Å²) in [6, 6.07) is 7.73. The molecular formula is C15H17NO2S. The molecule has 3 rings (SSSR count). The smallest absolute Gasteiger partial charge is 0.127 e. The van der Waals surface area contributed by atoms with Gasteiger partial charge in [0.25, 0.3) is 0 Å². The van der Waals surface area contributed by atoms with Crippen molar-refractivity contribution in [2.45, 2.75) is 25.9 Å². The van der Waals surface area contributed by atoms with E-state index < -0.39 is 0 Å². The van der Waals surface area contributed by atoms with Crippen LogP contribution in [0.4, 0.5) is 0 Å². The maximum absolute atomic E-state index is 9.43. The second-order valence-electron chi connectivity index (χ2n) is 4.69. The zero-order valence-corrected chi connectivity index (χ0v) is 11.7. The number of hydrogen-bond donors (Lipinski definition) is 2. The van der Waals surface area contributed by atoms with E-state index in [1.807, 2.05) is 6.07 Å². The van der Waals surface area contributed by atoms with Crippen LogP contribution in [0.3, 0.4) is 0 Å². The molecule has 1 atom stereocenters. The summed E-state index contributed by atoms with van der Waals surface area (Å²) in [7, 11) is 0. The van der Waals surface area contributed by atoms with Gasteiger partial charge in [0, 0.05) is 23.1 Å². The van der Waals surface area contributed by atoms with Crippen LogP contribution >= 0.6 is 11.3 Å². The van der Waals surface area contributed by atoms with Gasteiger partial charge in [0.1, 0.15) is 18.1 Å². The molecule has 0 spiro atoms. The van der Waals surface area contributed by atoms with Crippen molar-refractivity contribution < 1.29 is 9.84 Å². The van der Waals surface area contributed by atoms with Crippen molar-refractivity contribution in [3.8, 4) is 11.5 Å². The summed E-state index contributed by atoms with van der Waals surface area (Å²) in [4.78, 5) is 1.40. The Balaban J connectivity index is 1.70. The van der Waals surface area contributed by atoms with Crippen LogP contribution < -0.4 is 10.1 Å². The summed E-state index contributed by atoms with van der Waals surface area (Å²) in [5.74, 6) is 1.05. The highest BCUT2D eigenvalue weighted by Gasteiger charge is 2.24. The fourth-order valence-electron chi connectivity index (χ4n) is 2.42. The third kappa shape index (κ3) is 2.46. The molecule has 2 N–H and O–H groups in total. The van der Waals surface area contributed by atoms with Gasteiger partial charge in [-0.2, -0.15) is 0 Å². The maximum atomic E-state index is 9.43. The molecule has 0 amide bonds. The van der Waals surface area contributed by atoms with Crippen molar-refractivity contribution in [2.75, 3.05) is 6.61 Å². The molecule has 1 aliphatic rings. The van der Waals surface area contributed by atoms with Crippen LogP contribution in [0.5, 0.6) is 11.5 Å². The molecule has 1 aromatic carbocycles. The Labute approximate surface area is 116 Å². The molecule has 0 saturated carbocycles. The van der Waals surface area contributed by atoms with Gasteiger partial charge < -0.3 is 15.2 Å². The van der Waals surface area contributed by atoms with E-state index in [0.717, 1.165) is 24.3 Å². The SMILES string of the molecule is CCc1ccsc1CNC1COc2cc(O)ccc21. The molecule has 3 nitrogen and oxygen atoms in total. The van der Waals surface area contributed by atoms with Crippen molar-refractivity contribution in [1.29, 1.82) is 0 Å². The Kier molecular flexibility index (Phi) is 3.44. The quantitative estimate of drug-likeness (QED) is 0.900. The van der Waals surface area contributed by atoms with E-state index in [1.165, 1.54) is 10.4 Å². The lowest BCUT2D eigenvalue weighted by Crippen LogP contribution is -2.21. The zero-order chi connectivity index (χ0) is 13.2. The first-order chi connectivity index (χ1) is 9.28. The number of thiophene rings is 1. The molecule has 1 unspecified atom stereocenters. The Morgan fingerprint density at radius 1 is 1.42 bits per heavy atom. The molecule has 19 heavy (non-hydrogen) atoms. The van der Waals surface area contributed by atoms with Gasteiger partial charge >= 0.3 is 0 Å². The summed E-state index contributed by atoms with van der Waals surface area (Å²) in [5, 5.41) is 15.1. The fourth-order valence-corrected chi connectivity index (χ4v) is 3.35. The Hall–Kier alpha value is -1.52. The number of benzene rings is 1. The van der Waals surface area contributed by atoms with E-state index in [4.69, 9.17) is 4.74 Å². The van der Waals surface area contributed by atoms with E-state index in [-0.39, 0.29) is 11.8 Å². The normalized spacial score (nSPS) is 17.2. The van der Waals surface area contributed by atoms with Gasteiger partial charge in [0.2, 0.25) is 0 Å². The number of nitrogens with one attached hydrogen (secondary N) is 1. The predicted molar refractivity (Wildman–Crippen MR) is 76.9 cm³/mol. The zero-order valence-electron chi connectivity index (χ0n) is 10.8. The van der Waals surface area contributed by atoms with E-state index in [1.54, 1.807) is 23.5 Å². The first-order valence-corrected chi connectivity index (χ1v) is 7.40. The first-order valence-electron chi connectivity index (χ1n) is 6.52. The lowest BCUT2D eigenvalue weighted by Gasteiger charge is -2.11. The number of phenolic OH excluding ortho intramolecular Hbond substituents is 1. The summed E-state index contributed by atoms with van der Waals surface area (Å²) >= 11 is 1.80. The number of ether oxygens (including phenoxy) is 1. The summed E-state index contributed by atoms with van der Waals surface area (Å²) < 4.78 is 5.60. The third-order valence-electron chi connectivity index (χ3n) is 3.51. The number of fused-ring (bicyclic) bond motifs is 1. The predicted octanol–water partition coefficient (Wildman–Crippen LogP) is 3.24. The summed E-state index contributed by atoms with van der Waals surface area (Å²) in [5.41, 5.74) is 2.55. The Morgan fingerprint density at radius 3 is 3.16 bits per heavy atom. The molecule has 0 radical (unpaired) electrons. The van der Waals surface area contributed by atoms with Crippen LogP contribution in [-0.2, 0) is 13.0 Å². The number of aryl methyl sites for hydroxylation is 1. The lowest BCUT2D eigenvalue weighted by atomic mass is 10.1. The highest BCUT2D eigenvalue weighted by Crippen LogP contribution is 2.35. The standard InChI is InChI=1S/C15H17NO2S/c1-2-10-5-6-19-15(10)8-16-13-9-18-14-7-11(17)3-4-12(13)14/h3-7,13,16-17H,2,8-9H2,1H3. The number of phenols is 1. The van der Waals surface area contributed by atoms with E-state index in [0.29, 0.717) is 6.61 Å². The van der Waals surface area contributed by atoms with Gasteiger partial charge in [-0.25, -0.2) is 0 Å². The largest absolute Gasteiger partial charge is 0.508 e. The van der Waals surface area contributed by atoms with Gasteiger partial charge in [0.15, 0.2) is 0 Å². The van der Waals surface area contributed by atoms with Crippen molar-refractivity contribution in [1.82, 2.24) is 5.32 Å². The monoisotopic (exact) mass is 275 g/mol. The average molecular weight is 275 g/mol. The molecule has 2 aromatic rings. The molecule has 0 fully saturated rings. The van der Waals surface area contributed by atoms with Gasteiger partial charge in [0.05, 0.1) is 6.04 Å². The van der Waals surface area contributed by atoms with Gasteiger partial charge in [-0.15, -0.1) is 11.3 Å². The van der Waals surface area contributed by atoms with Crippen LogP contribution in [0.2, 0.25) is 0 Å². The fraction of sp³-hybridized carbons (Fsp3) is 0.333. The summed E-state index contributed by atoms with van der Waals surface area (Å²) in [6.07, 6.45) is 1.08. The number of aromatic hydroxyl groups is 1. The average Bonchev–Trinajstić information content (AvgIpc) is 3.01. The molecule has 0 bridgehead atoms. The molecule has 0 saturated heterocycles. The summed E-state index contributed by atoms with van der Waals surface area (Å²) in [6.45, 7) is 3.68. The van der Waals surface area contributed by atoms with Crippen molar-refractivity contribution in [3.63, 3.8) is 0 Å². The van der Waals surface area contributed by atoms with Crippen LogP contribution in [0, 0.1) is 0 Å². The minimum absolute atomic E-state index is 0.211. The van der Waals surface area contributed by atoms with Gasteiger partial charge in [-0.05, 0) is 35.6 Å².